The number of carbonyl (C=O) groups is 3. The van der Waals surface area contributed by atoms with Crippen LogP contribution in [0.25, 0.3) is 17.3 Å². The fourth-order valence-corrected chi connectivity index (χ4v) is 6.93. The van der Waals surface area contributed by atoms with E-state index in [1.807, 2.05) is 97.2 Å². The lowest BCUT2D eigenvalue weighted by Gasteiger charge is -2.17. The first-order valence-corrected chi connectivity index (χ1v) is 18.5. The average molecular weight is 741 g/mol. The SMILES string of the molecule is CCOc1ccc(/C=C(\NC(=O)c2ccccc2)C(=O)Nc2ccc(SC(C(=O)Nc3nc(-c4ccc(OC)cc4)cs3)c3ccccc3)cc2)cc1. The van der Waals surface area contributed by atoms with E-state index in [9.17, 15) is 14.4 Å². The van der Waals surface area contributed by atoms with Gasteiger partial charge in [-0.15, -0.1) is 23.1 Å². The van der Waals surface area contributed by atoms with Crippen LogP contribution in [0.3, 0.4) is 0 Å². The number of hydrogen-bond acceptors (Lipinski definition) is 8. The lowest BCUT2D eigenvalue weighted by atomic mass is 10.1. The Labute approximate surface area is 316 Å². The van der Waals surface area contributed by atoms with Crippen LogP contribution in [0.5, 0.6) is 11.5 Å². The predicted octanol–water partition coefficient (Wildman–Crippen LogP) is 9.10. The fourth-order valence-electron chi connectivity index (χ4n) is 5.18. The lowest BCUT2D eigenvalue weighted by molar-refractivity contribution is -0.116. The van der Waals surface area contributed by atoms with Gasteiger partial charge in [0.15, 0.2) is 5.13 Å². The van der Waals surface area contributed by atoms with E-state index in [0.717, 1.165) is 27.5 Å². The maximum absolute atomic E-state index is 13.7. The standard InChI is InChI=1S/C42H36N4O5S2/c1-3-51-34-20-14-28(15-21-34)26-36(44-39(47)31-12-8-5-9-13-31)40(48)43-32-18-24-35(25-19-32)53-38(30-10-6-4-7-11-30)41(49)46-42-45-37(27-52-42)29-16-22-33(50-2)23-17-29/h4-27,38H,3H2,1-2H3,(H,43,48)(H,44,47)(H,45,46,49)/b36-26-. The molecule has 9 nitrogen and oxygen atoms in total. The summed E-state index contributed by atoms with van der Waals surface area (Å²) >= 11 is 2.74. The zero-order chi connectivity index (χ0) is 37.0. The van der Waals surface area contributed by atoms with Gasteiger partial charge in [-0.2, -0.15) is 0 Å². The predicted molar refractivity (Wildman–Crippen MR) is 212 cm³/mol. The molecule has 0 fully saturated rings. The molecule has 0 aliphatic heterocycles. The molecule has 11 heteroatoms. The Bertz CT molecular complexity index is 2170. The summed E-state index contributed by atoms with van der Waals surface area (Å²) in [7, 11) is 1.62. The zero-order valence-corrected chi connectivity index (χ0v) is 30.6. The van der Waals surface area contributed by atoms with E-state index < -0.39 is 17.1 Å². The highest BCUT2D eigenvalue weighted by Gasteiger charge is 2.24. The van der Waals surface area contributed by atoms with Crippen molar-refractivity contribution in [2.45, 2.75) is 17.1 Å². The van der Waals surface area contributed by atoms with Crippen molar-refractivity contribution < 1.29 is 23.9 Å². The van der Waals surface area contributed by atoms with E-state index in [4.69, 9.17) is 9.47 Å². The minimum atomic E-state index is -0.582. The second-order valence-electron chi connectivity index (χ2n) is 11.5. The minimum Gasteiger partial charge on any atom is -0.497 e. The molecule has 0 aliphatic carbocycles. The molecular formula is C42H36N4O5S2. The number of hydrogen-bond donors (Lipinski definition) is 3. The van der Waals surface area contributed by atoms with Crippen molar-refractivity contribution in [3.05, 3.63) is 161 Å². The molecule has 53 heavy (non-hydrogen) atoms. The molecule has 6 rings (SSSR count). The van der Waals surface area contributed by atoms with Gasteiger partial charge in [-0.3, -0.25) is 14.4 Å². The third-order valence-electron chi connectivity index (χ3n) is 7.86. The molecular weight excluding hydrogens is 705 g/mol. The molecule has 1 unspecified atom stereocenters. The number of ether oxygens (including phenoxy) is 2. The van der Waals surface area contributed by atoms with E-state index in [1.54, 1.807) is 61.7 Å². The van der Waals surface area contributed by atoms with Crippen LogP contribution in [0.2, 0.25) is 0 Å². The van der Waals surface area contributed by atoms with Gasteiger partial charge in [0.2, 0.25) is 5.91 Å². The molecule has 0 bridgehead atoms. The van der Waals surface area contributed by atoms with E-state index in [1.165, 1.54) is 23.1 Å². The van der Waals surface area contributed by atoms with Crippen molar-refractivity contribution in [2.24, 2.45) is 0 Å². The highest BCUT2D eigenvalue weighted by molar-refractivity contribution is 8.00. The molecule has 3 N–H and O–H groups in total. The Balaban J connectivity index is 1.16. The van der Waals surface area contributed by atoms with Gasteiger partial charge in [0, 0.05) is 27.1 Å². The molecule has 1 aromatic heterocycles. The van der Waals surface area contributed by atoms with Gasteiger partial charge in [0.05, 0.1) is 19.4 Å². The molecule has 5 aromatic carbocycles. The second kappa shape index (κ2) is 17.9. The Morgan fingerprint density at radius 3 is 2.11 bits per heavy atom. The van der Waals surface area contributed by atoms with Crippen molar-refractivity contribution >= 4 is 57.7 Å². The zero-order valence-electron chi connectivity index (χ0n) is 28.9. The number of thiazole rings is 1. The Hall–Kier alpha value is -6.17. The van der Waals surface area contributed by atoms with Crippen LogP contribution in [-0.4, -0.2) is 36.4 Å². The Morgan fingerprint density at radius 2 is 1.45 bits per heavy atom. The number of rotatable bonds is 14. The van der Waals surface area contributed by atoms with E-state index in [2.05, 4.69) is 20.9 Å². The minimum absolute atomic E-state index is 0.0691. The molecule has 1 heterocycles. The molecule has 0 saturated carbocycles. The molecule has 0 aliphatic rings. The topological polar surface area (TPSA) is 119 Å². The molecule has 266 valence electrons. The van der Waals surface area contributed by atoms with Crippen molar-refractivity contribution in [3.63, 3.8) is 0 Å². The Kier molecular flexibility index (Phi) is 12.3. The van der Waals surface area contributed by atoms with Gasteiger partial charge in [-0.1, -0.05) is 60.7 Å². The first-order chi connectivity index (χ1) is 25.9. The largest absolute Gasteiger partial charge is 0.497 e. The van der Waals surface area contributed by atoms with Crippen LogP contribution in [0.4, 0.5) is 10.8 Å². The van der Waals surface area contributed by atoms with E-state index in [-0.39, 0.29) is 11.6 Å². The number of anilines is 2. The number of aromatic nitrogens is 1. The summed E-state index contributed by atoms with van der Waals surface area (Å²) in [6.45, 7) is 2.44. The first-order valence-electron chi connectivity index (χ1n) is 16.7. The van der Waals surface area contributed by atoms with Crippen molar-refractivity contribution in [1.29, 1.82) is 0 Å². The number of nitrogens with zero attached hydrogens (tertiary/aromatic N) is 1. The molecule has 1 atom stereocenters. The molecule has 3 amide bonds. The van der Waals surface area contributed by atoms with Gasteiger partial charge in [-0.05, 0) is 96.9 Å². The first kappa shape index (κ1) is 36.6. The summed E-state index contributed by atoms with van der Waals surface area (Å²) in [5.41, 5.74) is 4.22. The highest BCUT2D eigenvalue weighted by atomic mass is 32.2. The summed E-state index contributed by atoms with van der Waals surface area (Å²) in [4.78, 5) is 45.9. The summed E-state index contributed by atoms with van der Waals surface area (Å²) < 4.78 is 10.8. The maximum Gasteiger partial charge on any atom is 0.272 e. The second-order valence-corrected chi connectivity index (χ2v) is 13.6. The average Bonchev–Trinajstić information content (AvgIpc) is 3.67. The fraction of sp³-hybridized carbons (Fsp3) is 0.0952. The van der Waals surface area contributed by atoms with Gasteiger partial charge < -0.3 is 25.4 Å². The van der Waals surface area contributed by atoms with Crippen LogP contribution < -0.4 is 25.4 Å². The van der Waals surface area contributed by atoms with Crippen LogP contribution >= 0.6 is 23.1 Å². The maximum atomic E-state index is 13.7. The van der Waals surface area contributed by atoms with Crippen molar-refractivity contribution in [3.8, 4) is 22.8 Å². The number of methoxy groups -OCH3 is 1. The van der Waals surface area contributed by atoms with Crippen LogP contribution in [0, 0.1) is 0 Å². The number of nitrogens with one attached hydrogen (secondary N) is 3. The molecule has 0 saturated heterocycles. The molecule has 0 radical (unpaired) electrons. The van der Waals surface area contributed by atoms with Gasteiger partial charge in [-0.25, -0.2) is 4.98 Å². The van der Waals surface area contributed by atoms with E-state index >= 15 is 0 Å². The van der Waals surface area contributed by atoms with Gasteiger partial charge >= 0.3 is 0 Å². The third-order valence-corrected chi connectivity index (χ3v) is 9.88. The highest BCUT2D eigenvalue weighted by Crippen LogP contribution is 2.37. The third kappa shape index (κ3) is 10.0. The van der Waals surface area contributed by atoms with Crippen molar-refractivity contribution in [2.75, 3.05) is 24.4 Å². The smallest absolute Gasteiger partial charge is 0.272 e. The van der Waals surface area contributed by atoms with Crippen LogP contribution in [0.15, 0.2) is 149 Å². The Morgan fingerprint density at radius 1 is 0.792 bits per heavy atom. The molecule has 0 spiro atoms. The number of carbonyl (C=O) groups excluding carboxylic acids is 3. The van der Waals surface area contributed by atoms with Crippen molar-refractivity contribution in [1.82, 2.24) is 10.3 Å². The molecule has 6 aromatic rings. The summed E-state index contributed by atoms with van der Waals surface area (Å²) in [5.74, 6) is 0.334. The number of amides is 3. The monoisotopic (exact) mass is 740 g/mol. The van der Waals surface area contributed by atoms with Crippen LogP contribution in [0.1, 0.15) is 33.7 Å². The summed E-state index contributed by atoms with van der Waals surface area (Å²) in [5, 5.41) is 10.5. The quantitative estimate of drug-likeness (QED) is 0.0753. The van der Waals surface area contributed by atoms with Gasteiger partial charge in [0.25, 0.3) is 11.8 Å². The van der Waals surface area contributed by atoms with Crippen LogP contribution in [-0.2, 0) is 9.59 Å². The number of thioether (sulfide) groups is 1. The number of benzene rings is 5. The van der Waals surface area contributed by atoms with E-state index in [0.29, 0.717) is 34.3 Å². The lowest BCUT2D eigenvalue weighted by Crippen LogP contribution is -2.30. The normalized spacial score (nSPS) is 11.6. The van der Waals surface area contributed by atoms with Gasteiger partial charge in [0.1, 0.15) is 22.4 Å². The summed E-state index contributed by atoms with van der Waals surface area (Å²) in [6.07, 6.45) is 1.61. The summed E-state index contributed by atoms with van der Waals surface area (Å²) in [6, 6.07) is 40.2.